The van der Waals surface area contributed by atoms with Crippen molar-refractivity contribution in [2.45, 2.75) is 25.7 Å². The molecule has 2 aromatic rings. The number of aromatic nitrogens is 3. The van der Waals surface area contributed by atoms with Gasteiger partial charge < -0.3 is 10.0 Å². The molecule has 1 aliphatic rings. The maximum Gasteiger partial charge on any atom is 0.141 e. The zero-order chi connectivity index (χ0) is 16.4. The number of halogens is 1. The summed E-state index contributed by atoms with van der Waals surface area (Å²) in [7, 11) is 4.07. The number of aliphatic hydroxyl groups is 1. The third-order valence-electron chi connectivity index (χ3n) is 4.05. The summed E-state index contributed by atoms with van der Waals surface area (Å²) in [6.07, 6.45) is 2.35. The van der Waals surface area contributed by atoms with Crippen LogP contribution in [0.15, 0.2) is 24.5 Å². The summed E-state index contributed by atoms with van der Waals surface area (Å²) >= 11 is 0. The van der Waals surface area contributed by atoms with Gasteiger partial charge in [-0.15, -0.1) is 0 Å². The molecule has 0 fully saturated rings. The smallest absolute Gasteiger partial charge is 0.141 e. The van der Waals surface area contributed by atoms with Crippen LogP contribution >= 0.6 is 0 Å². The lowest BCUT2D eigenvalue weighted by molar-refractivity contribution is 0.0922. The van der Waals surface area contributed by atoms with Gasteiger partial charge in [0.25, 0.3) is 0 Å². The van der Waals surface area contributed by atoms with Crippen LogP contribution < -0.4 is 0 Å². The van der Waals surface area contributed by atoms with E-state index in [-0.39, 0.29) is 0 Å². The standard InChI is InChI=1S/C16H22FN5O/c1-20(2)9-12-7-19-22-6-5-21(10-15(12)22)11-16(23)14-4-3-13(17)8-18-14/h3-4,7-8,16,23H,5-6,9-11H2,1-2H3. The monoisotopic (exact) mass is 319 g/mol. The molecule has 6 nitrogen and oxygen atoms in total. The lowest BCUT2D eigenvalue weighted by Crippen LogP contribution is -2.37. The van der Waals surface area contributed by atoms with Crippen LogP contribution in [0.5, 0.6) is 0 Å². The molecule has 1 atom stereocenters. The molecule has 0 bridgehead atoms. The SMILES string of the molecule is CN(C)Cc1cnn2c1CN(CC(O)c1ccc(F)cn1)CC2. The van der Waals surface area contributed by atoms with Crippen LogP contribution in [0.1, 0.15) is 23.1 Å². The Morgan fingerprint density at radius 3 is 2.83 bits per heavy atom. The minimum atomic E-state index is -0.720. The number of hydrogen-bond acceptors (Lipinski definition) is 5. The van der Waals surface area contributed by atoms with Gasteiger partial charge in [-0.05, 0) is 26.2 Å². The van der Waals surface area contributed by atoms with E-state index in [1.165, 1.54) is 23.4 Å². The van der Waals surface area contributed by atoms with Crippen LogP contribution in [-0.4, -0.2) is 56.9 Å². The van der Waals surface area contributed by atoms with Crippen LogP contribution in [0.25, 0.3) is 0 Å². The van der Waals surface area contributed by atoms with Crippen LogP contribution in [0.4, 0.5) is 4.39 Å². The molecule has 0 amide bonds. The van der Waals surface area contributed by atoms with Gasteiger partial charge in [-0.3, -0.25) is 14.6 Å². The molecule has 124 valence electrons. The summed E-state index contributed by atoms with van der Waals surface area (Å²) in [5.41, 5.74) is 2.91. The molecular formula is C16H22FN5O. The maximum absolute atomic E-state index is 12.9. The van der Waals surface area contributed by atoms with Crippen molar-refractivity contribution in [2.24, 2.45) is 0 Å². The minimum Gasteiger partial charge on any atom is -0.385 e. The first-order valence-corrected chi connectivity index (χ1v) is 7.73. The highest BCUT2D eigenvalue weighted by molar-refractivity contribution is 5.19. The molecule has 1 aliphatic heterocycles. The van der Waals surface area contributed by atoms with E-state index in [4.69, 9.17) is 0 Å². The van der Waals surface area contributed by atoms with Crippen LogP contribution in [0.2, 0.25) is 0 Å². The number of pyridine rings is 1. The maximum atomic E-state index is 12.9. The molecule has 0 saturated carbocycles. The van der Waals surface area contributed by atoms with Crippen LogP contribution in [0.3, 0.4) is 0 Å². The van der Waals surface area contributed by atoms with Crippen molar-refractivity contribution in [2.75, 3.05) is 27.2 Å². The fraction of sp³-hybridized carbons (Fsp3) is 0.500. The summed E-state index contributed by atoms with van der Waals surface area (Å²) in [6.45, 7) is 3.72. The molecule has 23 heavy (non-hydrogen) atoms. The first-order valence-electron chi connectivity index (χ1n) is 7.73. The van der Waals surface area contributed by atoms with Crippen molar-refractivity contribution in [3.63, 3.8) is 0 Å². The van der Waals surface area contributed by atoms with Crippen molar-refractivity contribution in [3.8, 4) is 0 Å². The lowest BCUT2D eigenvalue weighted by Gasteiger charge is -2.30. The molecule has 2 aromatic heterocycles. The zero-order valence-electron chi connectivity index (χ0n) is 13.5. The van der Waals surface area contributed by atoms with Gasteiger partial charge in [-0.25, -0.2) is 4.39 Å². The fourth-order valence-electron chi connectivity index (χ4n) is 2.90. The van der Waals surface area contributed by atoms with E-state index in [2.05, 4.69) is 19.9 Å². The average molecular weight is 319 g/mol. The number of nitrogens with zero attached hydrogens (tertiary/aromatic N) is 5. The van der Waals surface area contributed by atoms with Crippen molar-refractivity contribution < 1.29 is 9.50 Å². The number of β-amino-alcohol motifs (C(OH)–C–C–N with tert-alkyl or cyclic N) is 1. The molecule has 1 unspecified atom stereocenters. The van der Waals surface area contributed by atoms with Gasteiger partial charge in [0.05, 0.1) is 30.3 Å². The molecular weight excluding hydrogens is 297 g/mol. The summed E-state index contributed by atoms with van der Waals surface area (Å²) in [5, 5.41) is 14.8. The van der Waals surface area contributed by atoms with Crippen molar-refractivity contribution >= 4 is 0 Å². The minimum absolute atomic E-state index is 0.392. The van der Waals surface area contributed by atoms with E-state index in [9.17, 15) is 9.50 Å². The van der Waals surface area contributed by atoms with E-state index in [1.54, 1.807) is 0 Å². The normalized spacial score (nSPS) is 16.6. The van der Waals surface area contributed by atoms with Crippen molar-refractivity contribution in [1.82, 2.24) is 24.6 Å². The highest BCUT2D eigenvalue weighted by atomic mass is 19.1. The van der Waals surface area contributed by atoms with E-state index >= 15 is 0 Å². The molecule has 0 saturated heterocycles. The van der Waals surface area contributed by atoms with Crippen molar-refractivity contribution in [1.29, 1.82) is 0 Å². The van der Waals surface area contributed by atoms with Gasteiger partial charge in [0.1, 0.15) is 11.9 Å². The Labute approximate surface area is 135 Å². The predicted molar refractivity (Wildman–Crippen MR) is 84.0 cm³/mol. The van der Waals surface area contributed by atoms with Gasteiger partial charge in [-0.1, -0.05) is 0 Å². The average Bonchev–Trinajstić information content (AvgIpc) is 2.90. The molecule has 0 spiro atoms. The number of hydrogen-bond donors (Lipinski definition) is 1. The Kier molecular flexibility index (Phi) is 4.70. The summed E-state index contributed by atoms with van der Waals surface area (Å²) < 4.78 is 15.0. The molecule has 7 heteroatoms. The molecule has 0 aliphatic carbocycles. The predicted octanol–water partition coefficient (Wildman–Crippen LogP) is 1.03. The highest BCUT2D eigenvalue weighted by Gasteiger charge is 2.23. The summed E-state index contributed by atoms with van der Waals surface area (Å²) in [6, 6.07) is 2.86. The molecule has 0 aromatic carbocycles. The first-order chi connectivity index (χ1) is 11.0. The quantitative estimate of drug-likeness (QED) is 0.892. The fourth-order valence-corrected chi connectivity index (χ4v) is 2.90. The summed E-state index contributed by atoms with van der Waals surface area (Å²) in [5.74, 6) is -0.392. The Hall–Kier alpha value is -1.83. The number of rotatable bonds is 5. The van der Waals surface area contributed by atoms with Gasteiger partial charge in [0.15, 0.2) is 0 Å². The Morgan fingerprint density at radius 1 is 1.30 bits per heavy atom. The second kappa shape index (κ2) is 6.74. The van der Waals surface area contributed by atoms with Gasteiger partial charge in [0, 0.05) is 31.7 Å². The topological polar surface area (TPSA) is 57.4 Å². The number of fused-ring (bicyclic) bond motifs is 1. The van der Waals surface area contributed by atoms with E-state index in [0.29, 0.717) is 12.2 Å². The molecule has 0 radical (unpaired) electrons. The first kappa shape index (κ1) is 16.0. The van der Waals surface area contributed by atoms with Gasteiger partial charge >= 0.3 is 0 Å². The molecule has 3 heterocycles. The van der Waals surface area contributed by atoms with Crippen LogP contribution in [-0.2, 0) is 19.6 Å². The van der Waals surface area contributed by atoms with E-state index < -0.39 is 11.9 Å². The Balaban J connectivity index is 1.67. The Morgan fingerprint density at radius 2 is 2.13 bits per heavy atom. The second-order valence-electron chi connectivity index (χ2n) is 6.23. The van der Waals surface area contributed by atoms with Crippen LogP contribution in [0, 0.1) is 5.82 Å². The van der Waals surface area contributed by atoms with Crippen molar-refractivity contribution in [3.05, 3.63) is 47.3 Å². The third-order valence-corrected chi connectivity index (χ3v) is 4.05. The van der Waals surface area contributed by atoms with Gasteiger partial charge in [-0.2, -0.15) is 5.10 Å². The molecule has 1 N–H and O–H groups in total. The highest BCUT2D eigenvalue weighted by Crippen LogP contribution is 2.20. The number of aliphatic hydroxyl groups excluding tert-OH is 1. The second-order valence-corrected chi connectivity index (χ2v) is 6.23. The molecule has 3 rings (SSSR count). The van der Waals surface area contributed by atoms with E-state index in [1.807, 2.05) is 25.0 Å². The van der Waals surface area contributed by atoms with Gasteiger partial charge in [0.2, 0.25) is 0 Å². The third kappa shape index (κ3) is 3.74. The lowest BCUT2D eigenvalue weighted by atomic mass is 10.1. The largest absolute Gasteiger partial charge is 0.385 e. The zero-order valence-corrected chi connectivity index (χ0v) is 13.5. The van der Waals surface area contributed by atoms with E-state index in [0.717, 1.165) is 32.4 Å². The Bertz CT molecular complexity index is 655. The summed E-state index contributed by atoms with van der Waals surface area (Å²) in [4.78, 5) is 8.26.